The smallest absolute Gasteiger partial charge is 0.410 e. The van der Waals surface area contributed by atoms with Crippen LogP contribution in [0.2, 0.25) is 5.02 Å². The average Bonchev–Trinajstić information content (AvgIpc) is 4.03. The summed E-state index contributed by atoms with van der Waals surface area (Å²) in [5.74, 6) is -4.00. The Kier molecular flexibility index (Phi) is 21.5. The van der Waals surface area contributed by atoms with Crippen LogP contribution < -0.4 is 19.8 Å². The number of aromatic hydroxyl groups is 2. The number of rotatable bonds is 16. The number of hydrogen-bond acceptors (Lipinski definition) is 19. The zero-order chi connectivity index (χ0) is 59.5. The molecule has 446 valence electrons. The van der Waals surface area contributed by atoms with Gasteiger partial charge in [0, 0.05) is 72.9 Å². The number of aliphatic hydroxyl groups is 1. The molecule has 0 spiro atoms. The molecule has 6 rings (SSSR count). The number of carbonyl (C=O) groups excluding carboxylic acids is 7. The van der Waals surface area contributed by atoms with Crippen molar-refractivity contribution in [3.05, 3.63) is 70.8 Å². The van der Waals surface area contributed by atoms with Crippen molar-refractivity contribution in [2.45, 2.75) is 133 Å². The van der Waals surface area contributed by atoms with E-state index in [4.69, 9.17) is 54.3 Å². The third-order valence-electron chi connectivity index (χ3n) is 14.9. The van der Waals surface area contributed by atoms with E-state index in [0.29, 0.717) is 48.3 Å². The normalized spacial score (nSPS) is 26.2. The monoisotopic (exact) mass is 1160 g/mol. The number of fused-ring (bicyclic) bond motifs is 5. The molecule has 4 N–H and O–H groups in total. The maximum Gasteiger partial charge on any atom is 0.410 e. The maximum absolute atomic E-state index is 14.4. The molecule has 2 aromatic rings. The van der Waals surface area contributed by atoms with Gasteiger partial charge in [0.15, 0.2) is 5.72 Å². The SMILES string of the molecule is COc1cc2cc(c1Cl)N(C)C(=O)C[C@H](OC(=O)[C@H](C)N(C)C(=O)CCOC(=O)N(C)CCN(C)C(=O)OC1C=CCC(OCC(=O)On3c(O)ccc3O)CCC1)[C@]1(C)O[C@H]1[C@H](C)[C@@H]1C[C@@](O)(NC(=O)O1)[C@H](OC)C=CC=C(C)C2. The lowest BCUT2D eigenvalue weighted by Crippen LogP contribution is -2.63. The van der Waals surface area contributed by atoms with Gasteiger partial charge in [-0.25, -0.2) is 24.0 Å². The summed E-state index contributed by atoms with van der Waals surface area (Å²) in [6.07, 6.45) is 3.14. The van der Waals surface area contributed by atoms with Crippen molar-refractivity contribution in [3.63, 3.8) is 0 Å². The van der Waals surface area contributed by atoms with Crippen LogP contribution in [0.5, 0.6) is 17.5 Å². The van der Waals surface area contributed by atoms with Gasteiger partial charge in [-0.05, 0) is 76.6 Å². The standard InChI is InChI=1S/C55H75ClN6O19/c1-32-14-11-19-41(74-10)55(72)30-40(78-51(69)57-55)33(2)49-54(4,80-49)42(29-46(66)61(8)38-27-35(26-32)28-39(73-9)48(38)56)79-50(68)34(3)60(7)43(63)22-25-75-52(70)58(5)23-24-59(6)53(71)77-37-17-12-15-36(16-13-18-37)76-31-47(67)81-62-44(64)20-21-45(62)65/h11-12,14,17,19-21,27-28,33-34,36-37,40-42,49,64-65,72H,13,15-16,18,22-26,29-31H2,1-10H3,(H,57,69)/t33-,34+,36?,37?,40+,41-,42+,49+,54+,55+/m1/s1. The molecular formula is C55H75ClN6O19. The number of aromatic nitrogens is 1. The maximum atomic E-state index is 14.4. The Hall–Kier alpha value is -7.06. The number of nitrogens with one attached hydrogen (secondary N) is 1. The first-order chi connectivity index (χ1) is 38.3. The van der Waals surface area contributed by atoms with Crippen LogP contribution in [-0.4, -0.2) is 199 Å². The van der Waals surface area contributed by atoms with Crippen molar-refractivity contribution in [1.29, 1.82) is 0 Å². The van der Waals surface area contributed by atoms with E-state index in [-0.39, 0.29) is 43.7 Å². The number of nitrogens with zero attached hydrogens (tertiary/aromatic N) is 5. The summed E-state index contributed by atoms with van der Waals surface area (Å²) in [6, 6.07) is 4.62. The number of alkyl carbamates (subject to hydrolysis) is 1. The Morgan fingerprint density at radius 2 is 1.68 bits per heavy atom. The fraction of sp³-hybridized carbons (Fsp3) is 0.582. The van der Waals surface area contributed by atoms with Crippen LogP contribution in [-0.2, 0) is 58.8 Å². The number of amides is 5. The van der Waals surface area contributed by atoms with Crippen LogP contribution in [0.25, 0.3) is 0 Å². The molecule has 25 nitrogen and oxygen atoms in total. The van der Waals surface area contributed by atoms with Crippen molar-refractivity contribution in [2.75, 3.05) is 73.6 Å². The van der Waals surface area contributed by atoms with Crippen molar-refractivity contribution >= 4 is 59.3 Å². The summed E-state index contributed by atoms with van der Waals surface area (Å²) in [7, 11) is 8.74. The van der Waals surface area contributed by atoms with E-state index in [1.165, 1.54) is 64.0 Å². The van der Waals surface area contributed by atoms with Crippen molar-refractivity contribution < 1.29 is 91.6 Å². The Balaban J connectivity index is 1.01. The van der Waals surface area contributed by atoms with Crippen molar-refractivity contribution in [3.8, 4) is 17.5 Å². The zero-order valence-electron chi connectivity index (χ0n) is 47.3. The molecular weight excluding hydrogens is 1080 g/mol. The van der Waals surface area contributed by atoms with Gasteiger partial charge < -0.3 is 77.7 Å². The molecule has 3 aliphatic heterocycles. The van der Waals surface area contributed by atoms with Gasteiger partial charge in [-0.2, -0.15) is 0 Å². The number of ether oxygens (including phenoxy) is 8. The number of likely N-dealkylation sites (N-methyl/N-ethyl adjacent to an activating group) is 3. The highest BCUT2D eigenvalue weighted by Crippen LogP contribution is 2.49. The van der Waals surface area contributed by atoms with Gasteiger partial charge in [0.1, 0.15) is 60.0 Å². The Labute approximate surface area is 475 Å². The van der Waals surface area contributed by atoms with E-state index in [1.807, 2.05) is 13.0 Å². The number of allylic oxidation sites excluding steroid dienone is 3. The number of hydrogen-bond donors (Lipinski definition) is 4. The highest BCUT2D eigenvalue weighted by atomic mass is 35.5. The summed E-state index contributed by atoms with van der Waals surface area (Å²) >= 11 is 6.81. The average molecular weight is 1160 g/mol. The molecule has 1 aromatic carbocycles. The number of epoxide rings is 1. The molecule has 26 heteroatoms. The number of methoxy groups -OCH3 is 2. The molecule has 10 atom stereocenters. The Morgan fingerprint density at radius 3 is 2.36 bits per heavy atom. The van der Waals surface area contributed by atoms with Gasteiger partial charge >= 0.3 is 30.2 Å². The molecule has 4 bridgehead atoms. The number of esters is 1. The Morgan fingerprint density at radius 1 is 0.988 bits per heavy atom. The summed E-state index contributed by atoms with van der Waals surface area (Å²) in [6.45, 7) is 6.10. The lowest BCUT2D eigenvalue weighted by atomic mass is 9.83. The molecule has 4 heterocycles. The molecule has 1 aliphatic carbocycles. The minimum Gasteiger partial charge on any atom is -0.495 e. The largest absolute Gasteiger partial charge is 0.495 e. The van der Waals surface area contributed by atoms with Crippen molar-refractivity contribution in [1.82, 2.24) is 24.7 Å². The molecule has 1 aromatic heterocycles. The topological polar surface area (TPSA) is 296 Å². The summed E-state index contributed by atoms with van der Waals surface area (Å²) < 4.78 is 46.6. The van der Waals surface area contributed by atoms with Crippen LogP contribution in [0.1, 0.15) is 78.2 Å². The lowest BCUT2D eigenvalue weighted by Gasteiger charge is -2.42. The fourth-order valence-electron chi connectivity index (χ4n) is 9.63. The van der Waals surface area contributed by atoms with E-state index in [2.05, 4.69) is 5.32 Å². The van der Waals surface area contributed by atoms with Gasteiger partial charge in [0.25, 0.3) is 0 Å². The quantitative estimate of drug-likeness (QED) is 0.0760. The predicted octanol–water partition coefficient (Wildman–Crippen LogP) is 4.79. The molecule has 2 saturated heterocycles. The third kappa shape index (κ3) is 16.1. The van der Waals surface area contributed by atoms with Crippen LogP contribution in [0.15, 0.2) is 60.2 Å². The van der Waals surface area contributed by atoms with Crippen LogP contribution >= 0.6 is 11.6 Å². The van der Waals surface area contributed by atoms with Gasteiger partial charge in [-0.3, -0.25) is 14.9 Å². The van der Waals surface area contributed by atoms with Crippen LogP contribution in [0.3, 0.4) is 0 Å². The van der Waals surface area contributed by atoms with E-state index >= 15 is 0 Å². The van der Waals surface area contributed by atoms with Gasteiger partial charge in [-0.1, -0.05) is 48.4 Å². The number of benzene rings is 1. The van der Waals surface area contributed by atoms with Gasteiger partial charge in [0.2, 0.25) is 23.6 Å². The highest BCUT2D eigenvalue weighted by Gasteiger charge is 2.64. The summed E-state index contributed by atoms with van der Waals surface area (Å²) in [5.41, 5.74) is -1.28. The minimum atomic E-state index is -1.90. The fourth-order valence-corrected chi connectivity index (χ4v) is 9.95. The second kappa shape index (κ2) is 27.6. The molecule has 2 unspecified atom stereocenters. The molecule has 0 radical (unpaired) electrons. The number of carbonyl (C=O) groups is 7. The highest BCUT2D eigenvalue weighted by molar-refractivity contribution is 6.35. The third-order valence-corrected chi connectivity index (χ3v) is 15.3. The van der Waals surface area contributed by atoms with Crippen LogP contribution in [0, 0.1) is 5.92 Å². The molecule has 81 heavy (non-hydrogen) atoms. The van der Waals surface area contributed by atoms with Gasteiger partial charge in [-0.15, -0.1) is 4.73 Å². The lowest BCUT2D eigenvalue weighted by molar-refractivity contribution is -0.162. The summed E-state index contributed by atoms with van der Waals surface area (Å²) in [5, 5.41) is 33.9. The predicted molar refractivity (Wildman–Crippen MR) is 289 cm³/mol. The molecule has 0 saturated carbocycles. The number of anilines is 1. The van der Waals surface area contributed by atoms with Crippen molar-refractivity contribution in [2.24, 2.45) is 5.92 Å². The first-order valence-electron chi connectivity index (χ1n) is 26.5. The second-order valence-corrected chi connectivity index (χ2v) is 21.2. The molecule has 4 aliphatic rings. The first-order valence-corrected chi connectivity index (χ1v) is 26.9. The van der Waals surface area contributed by atoms with E-state index in [0.717, 1.165) is 28.2 Å². The molecule has 5 amide bonds. The van der Waals surface area contributed by atoms with E-state index in [9.17, 15) is 48.9 Å². The van der Waals surface area contributed by atoms with E-state index in [1.54, 1.807) is 50.3 Å². The Bertz CT molecular complexity index is 2700. The minimum absolute atomic E-state index is 0.0520. The van der Waals surface area contributed by atoms with Gasteiger partial charge in [0.05, 0.1) is 37.8 Å². The first kappa shape index (κ1) is 63.1. The van der Waals surface area contributed by atoms with E-state index < -0.39 is 121 Å². The van der Waals surface area contributed by atoms with Crippen LogP contribution in [0.4, 0.5) is 20.1 Å². The second-order valence-electron chi connectivity index (χ2n) is 20.9. The summed E-state index contributed by atoms with van der Waals surface area (Å²) in [4.78, 5) is 103. The number of halogens is 1. The molecule has 2 fully saturated rings. The zero-order valence-corrected chi connectivity index (χ0v) is 48.0.